The third-order valence-electron chi connectivity index (χ3n) is 3.68. The quantitative estimate of drug-likeness (QED) is 0.701. The molecule has 0 radical (unpaired) electrons. The Bertz CT molecular complexity index is 413. The van der Waals surface area contributed by atoms with Crippen molar-refractivity contribution in [1.29, 1.82) is 5.26 Å². The Balaban J connectivity index is 1.95. The van der Waals surface area contributed by atoms with Gasteiger partial charge < -0.3 is 10.4 Å². The Morgan fingerprint density at radius 1 is 1.56 bits per heavy atom. The summed E-state index contributed by atoms with van der Waals surface area (Å²) in [5.41, 5.74) is 0.757. The van der Waals surface area contributed by atoms with Gasteiger partial charge in [-0.15, -0.1) is 0 Å². The molecule has 2 aliphatic rings. The van der Waals surface area contributed by atoms with Crippen molar-refractivity contribution in [3.8, 4) is 6.07 Å². The van der Waals surface area contributed by atoms with Gasteiger partial charge in [-0.25, -0.2) is 4.39 Å². The molecule has 4 nitrogen and oxygen atoms in total. The summed E-state index contributed by atoms with van der Waals surface area (Å²) >= 11 is 0. The fraction of sp³-hybridized carbons (Fsp3) is 0.615. The first-order valence-corrected chi connectivity index (χ1v) is 6.24. The molecular formula is C13H18FN3O. The van der Waals surface area contributed by atoms with Crippen molar-refractivity contribution in [2.75, 3.05) is 0 Å². The lowest BCUT2D eigenvalue weighted by atomic mass is 9.85. The highest BCUT2D eigenvalue weighted by Gasteiger charge is 2.32. The number of nitriles is 1. The van der Waals surface area contributed by atoms with E-state index in [1.165, 1.54) is 0 Å². The number of dihydropyridines is 1. The van der Waals surface area contributed by atoms with Crippen LogP contribution in [0.2, 0.25) is 0 Å². The first-order chi connectivity index (χ1) is 8.61. The second-order valence-electron chi connectivity index (χ2n) is 4.93. The Labute approximate surface area is 106 Å². The standard InChI is InChI=1S/C13H18FN3O/c1-8-12(18)4-5-16-13(8)17-11-3-2-9(7-15)6-10(11)14/h4-5,9-11,13,16-18H,2-3,6H2,1H3. The number of aliphatic hydroxyl groups excluding tert-OH is 1. The van der Waals surface area contributed by atoms with Gasteiger partial charge in [0.25, 0.3) is 0 Å². The fourth-order valence-corrected chi connectivity index (χ4v) is 2.44. The van der Waals surface area contributed by atoms with Crippen LogP contribution in [-0.4, -0.2) is 23.5 Å². The summed E-state index contributed by atoms with van der Waals surface area (Å²) in [6, 6.07) is 1.87. The average Bonchev–Trinajstić information content (AvgIpc) is 2.37. The van der Waals surface area contributed by atoms with Crippen molar-refractivity contribution in [3.05, 3.63) is 23.6 Å². The summed E-state index contributed by atoms with van der Waals surface area (Å²) in [6.45, 7) is 1.80. The van der Waals surface area contributed by atoms with E-state index in [1.807, 2.05) is 0 Å². The molecule has 3 N–H and O–H groups in total. The van der Waals surface area contributed by atoms with Crippen LogP contribution in [0.15, 0.2) is 23.6 Å². The molecule has 0 spiro atoms. The van der Waals surface area contributed by atoms with Crippen molar-refractivity contribution >= 4 is 0 Å². The number of allylic oxidation sites excluding steroid dienone is 1. The first-order valence-electron chi connectivity index (χ1n) is 6.24. The summed E-state index contributed by atoms with van der Waals surface area (Å²) in [5.74, 6) is 0.0506. The van der Waals surface area contributed by atoms with Gasteiger partial charge >= 0.3 is 0 Å². The van der Waals surface area contributed by atoms with Gasteiger partial charge in [-0.3, -0.25) is 5.32 Å². The molecule has 0 aromatic carbocycles. The van der Waals surface area contributed by atoms with Gasteiger partial charge in [0, 0.05) is 23.7 Å². The molecule has 0 amide bonds. The number of halogens is 1. The van der Waals surface area contributed by atoms with Crippen molar-refractivity contribution < 1.29 is 9.50 Å². The number of rotatable bonds is 2. The predicted molar refractivity (Wildman–Crippen MR) is 66.2 cm³/mol. The van der Waals surface area contributed by atoms with Crippen LogP contribution in [0.1, 0.15) is 26.2 Å². The maximum Gasteiger partial charge on any atom is 0.119 e. The minimum Gasteiger partial charge on any atom is -0.508 e. The monoisotopic (exact) mass is 251 g/mol. The van der Waals surface area contributed by atoms with Crippen LogP contribution in [0.4, 0.5) is 4.39 Å². The highest BCUT2D eigenvalue weighted by Crippen LogP contribution is 2.27. The van der Waals surface area contributed by atoms with Crippen LogP contribution >= 0.6 is 0 Å². The number of nitrogens with zero attached hydrogens (tertiary/aromatic N) is 1. The molecule has 18 heavy (non-hydrogen) atoms. The molecule has 1 heterocycles. The molecule has 1 aliphatic carbocycles. The molecular weight excluding hydrogens is 233 g/mol. The number of nitrogens with one attached hydrogen (secondary N) is 2. The fourth-order valence-electron chi connectivity index (χ4n) is 2.44. The lowest BCUT2D eigenvalue weighted by Gasteiger charge is -2.34. The summed E-state index contributed by atoms with van der Waals surface area (Å²) in [5, 5.41) is 24.6. The maximum atomic E-state index is 13.9. The molecule has 4 unspecified atom stereocenters. The zero-order valence-electron chi connectivity index (χ0n) is 10.4. The number of alkyl halides is 1. The van der Waals surface area contributed by atoms with Gasteiger partial charge in [-0.2, -0.15) is 5.26 Å². The Hall–Kier alpha value is -1.54. The van der Waals surface area contributed by atoms with E-state index in [4.69, 9.17) is 5.26 Å². The SMILES string of the molecule is CC1=C(O)C=CNC1NC1CCC(C#N)CC1F. The zero-order valence-corrected chi connectivity index (χ0v) is 10.4. The number of hydrogen-bond acceptors (Lipinski definition) is 4. The van der Waals surface area contributed by atoms with E-state index in [2.05, 4.69) is 16.7 Å². The third kappa shape index (κ3) is 2.65. The van der Waals surface area contributed by atoms with Gasteiger partial charge in [-0.1, -0.05) is 0 Å². The van der Waals surface area contributed by atoms with Crippen molar-refractivity contribution in [2.24, 2.45) is 5.92 Å². The second-order valence-corrected chi connectivity index (χ2v) is 4.93. The lowest BCUT2D eigenvalue weighted by Crippen LogP contribution is -2.52. The van der Waals surface area contributed by atoms with E-state index >= 15 is 0 Å². The molecule has 1 aliphatic heterocycles. The molecule has 0 saturated heterocycles. The molecule has 98 valence electrons. The number of hydrogen-bond donors (Lipinski definition) is 3. The second kappa shape index (κ2) is 5.40. The summed E-state index contributed by atoms with van der Waals surface area (Å²) < 4.78 is 13.9. The summed E-state index contributed by atoms with van der Waals surface area (Å²) in [6.07, 6.45) is 3.65. The van der Waals surface area contributed by atoms with Gasteiger partial charge in [0.1, 0.15) is 18.1 Å². The zero-order chi connectivity index (χ0) is 13.1. The Morgan fingerprint density at radius 2 is 2.33 bits per heavy atom. The smallest absolute Gasteiger partial charge is 0.119 e. The summed E-state index contributed by atoms with van der Waals surface area (Å²) in [7, 11) is 0. The minimum atomic E-state index is -1.01. The topological polar surface area (TPSA) is 68.1 Å². The van der Waals surface area contributed by atoms with E-state index < -0.39 is 6.17 Å². The third-order valence-corrected chi connectivity index (χ3v) is 3.68. The molecule has 0 aromatic rings. The molecule has 1 fully saturated rings. The lowest BCUT2D eigenvalue weighted by molar-refractivity contribution is 0.157. The predicted octanol–water partition coefficient (Wildman–Crippen LogP) is 1.88. The normalized spacial score (nSPS) is 36.1. The van der Waals surface area contributed by atoms with E-state index in [0.29, 0.717) is 12.8 Å². The van der Waals surface area contributed by atoms with Crippen LogP contribution in [0, 0.1) is 17.2 Å². The van der Waals surface area contributed by atoms with Gasteiger partial charge in [0.2, 0.25) is 0 Å². The van der Waals surface area contributed by atoms with E-state index in [1.54, 1.807) is 19.2 Å². The highest BCUT2D eigenvalue weighted by molar-refractivity contribution is 5.25. The van der Waals surface area contributed by atoms with E-state index in [-0.39, 0.29) is 23.9 Å². The maximum absolute atomic E-state index is 13.9. The van der Waals surface area contributed by atoms with Crippen LogP contribution in [0.5, 0.6) is 0 Å². The van der Waals surface area contributed by atoms with Crippen LogP contribution in [0.25, 0.3) is 0 Å². The largest absolute Gasteiger partial charge is 0.508 e. The molecule has 0 bridgehead atoms. The van der Waals surface area contributed by atoms with Gasteiger partial charge in [0.05, 0.1) is 6.07 Å². The van der Waals surface area contributed by atoms with Crippen LogP contribution in [0.3, 0.4) is 0 Å². The van der Waals surface area contributed by atoms with Crippen molar-refractivity contribution in [2.45, 2.75) is 44.6 Å². The molecule has 2 rings (SSSR count). The summed E-state index contributed by atoms with van der Waals surface area (Å²) in [4.78, 5) is 0. The van der Waals surface area contributed by atoms with Crippen LogP contribution < -0.4 is 10.6 Å². The molecule has 1 saturated carbocycles. The minimum absolute atomic E-state index is 0.165. The van der Waals surface area contributed by atoms with Crippen molar-refractivity contribution in [3.63, 3.8) is 0 Å². The van der Waals surface area contributed by atoms with Gasteiger partial charge in [0.15, 0.2) is 0 Å². The molecule has 0 aromatic heterocycles. The molecule has 5 heteroatoms. The van der Waals surface area contributed by atoms with E-state index in [0.717, 1.165) is 12.0 Å². The Morgan fingerprint density at radius 3 is 3.00 bits per heavy atom. The molecule has 4 atom stereocenters. The first kappa shape index (κ1) is 12.9. The average molecular weight is 251 g/mol. The van der Waals surface area contributed by atoms with Gasteiger partial charge in [-0.05, 0) is 32.3 Å². The number of aliphatic hydroxyl groups is 1. The van der Waals surface area contributed by atoms with E-state index in [9.17, 15) is 9.50 Å². The van der Waals surface area contributed by atoms with Crippen molar-refractivity contribution in [1.82, 2.24) is 10.6 Å². The van der Waals surface area contributed by atoms with Crippen LogP contribution in [-0.2, 0) is 0 Å². The Kier molecular flexibility index (Phi) is 3.87. The highest BCUT2D eigenvalue weighted by atomic mass is 19.1.